The fourth-order valence-corrected chi connectivity index (χ4v) is 2.36. The van der Waals surface area contributed by atoms with Gasteiger partial charge in [0.05, 0.1) is 19.0 Å². The Morgan fingerprint density at radius 1 is 1.53 bits per heavy atom. The number of nitrogens with zero attached hydrogens (tertiary/aromatic N) is 2. The van der Waals surface area contributed by atoms with Gasteiger partial charge in [0, 0.05) is 6.42 Å². The van der Waals surface area contributed by atoms with E-state index in [1.165, 1.54) is 0 Å². The van der Waals surface area contributed by atoms with Gasteiger partial charge in [-0.1, -0.05) is 12.1 Å². The molecular weight excluding hydrogens is 240 g/mol. The third kappa shape index (κ3) is 3.29. The first kappa shape index (κ1) is 12.6. The Hall–Kier alpha value is -0.880. The summed E-state index contributed by atoms with van der Waals surface area (Å²) in [5.41, 5.74) is 0. The predicted octanol–water partition coefficient (Wildman–Crippen LogP) is 1.79. The molecule has 0 saturated carbocycles. The lowest BCUT2D eigenvalue weighted by Crippen LogP contribution is -2.25. The topological polar surface area (TPSA) is 65.2 Å². The lowest BCUT2D eigenvalue weighted by atomic mass is 10.0. The molecule has 0 amide bonds. The van der Waals surface area contributed by atoms with Crippen LogP contribution in [0.5, 0.6) is 0 Å². The first-order valence-corrected chi connectivity index (χ1v) is 6.97. The Bertz CT molecular complexity index is 381. The lowest BCUT2D eigenvalue weighted by molar-refractivity contribution is -0.127. The van der Waals surface area contributed by atoms with Crippen LogP contribution >= 0.6 is 11.8 Å². The zero-order valence-corrected chi connectivity index (χ0v) is 10.7. The van der Waals surface area contributed by atoms with Gasteiger partial charge >= 0.3 is 0 Å². The maximum atomic E-state index is 11.7. The highest BCUT2D eigenvalue weighted by Gasteiger charge is 2.29. The van der Waals surface area contributed by atoms with Crippen LogP contribution in [0.3, 0.4) is 0 Å². The molecule has 1 aromatic rings. The van der Waals surface area contributed by atoms with Crippen molar-refractivity contribution in [3.8, 4) is 0 Å². The van der Waals surface area contributed by atoms with Crippen LogP contribution in [0.1, 0.15) is 37.4 Å². The summed E-state index contributed by atoms with van der Waals surface area (Å²) in [5, 5.41) is 3.88. The first-order valence-electron chi connectivity index (χ1n) is 5.82. The number of hydrogen-bond acceptors (Lipinski definition) is 6. The van der Waals surface area contributed by atoms with E-state index in [-0.39, 0.29) is 11.7 Å². The van der Waals surface area contributed by atoms with Gasteiger partial charge in [-0.05, 0) is 12.2 Å². The van der Waals surface area contributed by atoms with E-state index < -0.39 is 0 Å². The van der Waals surface area contributed by atoms with Gasteiger partial charge in [0.25, 0.3) is 0 Å². The van der Waals surface area contributed by atoms with Crippen molar-refractivity contribution in [2.45, 2.75) is 31.4 Å². The molecule has 1 unspecified atom stereocenters. The van der Waals surface area contributed by atoms with Crippen molar-refractivity contribution >= 4 is 17.5 Å². The molecule has 1 aromatic heterocycles. The van der Waals surface area contributed by atoms with Crippen molar-refractivity contribution in [1.29, 1.82) is 0 Å². The zero-order chi connectivity index (χ0) is 12.1. The Kier molecular flexibility index (Phi) is 4.56. The van der Waals surface area contributed by atoms with Gasteiger partial charge in [0.2, 0.25) is 5.89 Å². The van der Waals surface area contributed by atoms with E-state index >= 15 is 0 Å². The molecule has 2 heterocycles. The second kappa shape index (κ2) is 6.16. The second-order valence-electron chi connectivity index (χ2n) is 3.95. The lowest BCUT2D eigenvalue weighted by Gasteiger charge is -2.16. The number of ether oxygens (including phenoxy) is 1. The van der Waals surface area contributed by atoms with Crippen molar-refractivity contribution in [2.75, 3.05) is 19.0 Å². The van der Waals surface area contributed by atoms with Crippen molar-refractivity contribution < 1.29 is 14.1 Å². The van der Waals surface area contributed by atoms with Crippen LogP contribution in [-0.2, 0) is 15.3 Å². The summed E-state index contributed by atoms with van der Waals surface area (Å²) in [6.07, 6.45) is 1.57. The van der Waals surface area contributed by atoms with Crippen molar-refractivity contribution in [3.05, 3.63) is 11.7 Å². The van der Waals surface area contributed by atoms with E-state index in [1.807, 2.05) is 0 Å². The predicted molar refractivity (Wildman–Crippen MR) is 63.9 cm³/mol. The Morgan fingerprint density at radius 3 is 3.18 bits per heavy atom. The van der Waals surface area contributed by atoms with Crippen LogP contribution in [0.2, 0.25) is 0 Å². The zero-order valence-electron chi connectivity index (χ0n) is 9.85. The fourth-order valence-electron chi connectivity index (χ4n) is 1.63. The average Bonchev–Trinajstić information content (AvgIpc) is 2.79. The fraction of sp³-hybridized carbons (Fsp3) is 0.727. The number of rotatable bonds is 5. The minimum Gasteiger partial charge on any atom is -0.380 e. The van der Waals surface area contributed by atoms with Gasteiger partial charge in [0.15, 0.2) is 5.82 Å². The molecule has 1 fully saturated rings. The highest BCUT2D eigenvalue weighted by molar-refractivity contribution is 7.98. The molecule has 94 valence electrons. The number of Topliss-reactive ketones (excluding diaryl/α,β-unsaturated/α-hetero) is 1. The molecule has 5 nitrogen and oxygen atoms in total. The Labute approximate surface area is 104 Å². The average molecular weight is 256 g/mol. The monoisotopic (exact) mass is 256 g/mol. The number of ketones is 1. The SMILES string of the molecule is CCCSCc1noc(C2COCCC2=O)n1. The number of aromatic nitrogens is 2. The van der Waals surface area contributed by atoms with Gasteiger partial charge in [-0.25, -0.2) is 0 Å². The van der Waals surface area contributed by atoms with Gasteiger partial charge in [-0.3, -0.25) is 4.79 Å². The number of carbonyl (C=O) groups excluding carboxylic acids is 1. The molecular formula is C11H16N2O3S. The molecule has 1 aliphatic heterocycles. The van der Waals surface area contributed by atoms with E-state index in [4.69, 9.17) is 9.26 Å². The van der Waals surface area contributed by atoms with Gasteiger partial charge in [-0.2, -0.15) is 16.7 Å². The smallest absolute Gasteiger partial charge is 0.239 e. The molecule has 2 rings (SSSR count). The minimum atomic E-state index is -0.360. The van der Waals surface area contributed by atoms with Gasteiger partial charge in [-0.15, -0.1) is 0 Å². The van der Waals surface area contributed by atoms with Crippen LogP contribution in [0.25, 0.3) is 0 Å². The summed E-state index contributed by atoms with van der Waals surface area (Å²) >= 11 is 1.77. The molecule has 0 aromatic carbocycles. The summed E-state index contributed by atoms with van der Waals surface area (Å²) in [4.78, 5) is 15.9. The molecule has 0 radical (unpaired) electrons. The molecule has 0 spiro atoms. The summed E-state index contributed by atoms with van der Waals surface area (Å²) in [5.74, 6) is 2.65. The first-order chi connectivity index (χ1) is 8.31. The van der Waals surface area contributed by atoms with E-state index in [9.17, 15) is 4.79 Å². The standard InChI is InChI=1S/C11H16N2O3S/c1-2-5-17-7-10-12-11(16-13-10)8-6-15-4-3-9(8)14/h8H,2-7H2,1H3. The summed E-state index contributed by atoms with van der Waals surface area (Å²) in [6, 6.07) is 0. The molecule has 17 heavy (non-hydrogen) atoms. The Morgan fingerprint density at radius 2 is 2.41 bits per heavy atom. The van der Waals surface area contributed by atoms with E-state index in [0.29, 0.717) is 31.3 Å². The maximum Gasteiger partial charge on any atom is 0.239 e. The minimum absolute atomic E-state index is 0.132. The summed E-state index contributed by atoms with van der Waals surface area (Å²) in [7, 11) is 0. The van der Waals surface area contributed by atoms with E-state index in [2.05, 4.69) is 17.1 Å². The largest absolute Gasteiger partial charge is 0.380 e. The van der Waals surface area contributed by atoms with Crippen LogP contribution < -0.4 is 0 Å². The number of hydrogen-bond donors (Lipinski definition) is 0. The quantitative estimate of drug-likeness (QED) is 0.748. The van der Waals surface area contributed by atoms with Crippen molar-refractivity contribution in [1.82, 2.24) is 10.1 Å². The summed E-state index contributed by atoms with van der Waals surface area (Å²) < 4.78 is 10.4. The molecule has 1 aliphatic rings. The van der Waals surface area contributed by atoms with Crippen LogP contribution in [0.15, 0.2) is 4.52 Å². The van der Waals surface area contributed by atoms with Crippen molar-refractivity contribution in [3.63, 3.8) is 0 Å². The number of carbonyl (C=O) groups is 1. The van der Waals surface area contributed by atoms with Crippen LogP contribution in [-0.4, -0.2) is 34.9 Å². The Balaban J connectivity index is 1.94. The van der Waals surface area contributed by atoms with Gasteiger partial charge < -0.3 is 9.26 Å². The number of thioether (sulfide) groups is 1. The maximum absolute atomic E-state index is 11.7. The molecule has 1 atom stereocenters. The van der Waals surface area contributed by atoms with Crippen LogP contribution in [0, 0.1) is 0 Å². The normalized spacial score (nSPS) is 20.8. The van der Waals surface area contributed by atoms with E-state index in [1.54, 1.807) is 11.8 Å². The van der Waals surface area contributed by atoms with Gasteiger partial charge in [0.1, 0.15) is 11.7 Å². The molecule has 0 aliphatic carbocycles. The third-order valence-corrected chi connectivity index (χ3v) is 3.69. The molecule has 1 saturated heterocycles. The molecule has 6 heteroatoms. The van der Waals surface area contributed by atoms with Crippen molar-refractivity contribution in [2.24, 2.45) is 0 Å². The second-order valence-corrected chi connectivity index (χ2v) is 5.05. The highest BCUT2D eigenvalue weighted by atomic mass is 32.2. The van der Waals surface area contributed by atoms with E-state index in [0.717, 1.165) is 17.9 Å². The summed E-state index contributed by atoms with van der Waals surface area (Å²) in [6.45, 7) is 3.00. The molecule has 0 N–H and O–H groups in total. The molecule has 0 bridgehead atoms. The highest BCUT2D eigenvalue weighted by Crippen LogP contribution is 2.21. The van der Waals surface area contributed by atoms with Crippen LogP contribution in [0.4, 0.5) is 0 Å². The third-order valence-electron chi connectivity index (χ3n) is 2.53.